The van der Waals surface area contributed by atoms with Gasteiger partial charge in [-0.15, -0.1) is 0 Å². The van der Waals surface area contributed by atoms with E-state index in [9.17, 15) is 14.7 Å². The monoisotopic (exact) mass is 272 g/mol. The Labute approximate surface area is 107 Å². The van der Waals surface area contributed by atoms with Crippen LogP contribution in [0.15, 0.2) is 9.59 Å². The lowest BCUT2D eigenvalue weighted by Gasteiger charge is -2.08. The summed E-state index contributed by atoms with van der Waals surface area (Å²) in [6, 6.07) is 0. The zero-order valence-electron chi connectivity index (χ0n) is 10.2. The molecule has 0 amide bonds. The molecule has 0 saturated carbocycles. The van der Waals surface area contributed by atoms with E-state index in [0.29, 0.717) is 0 Å². The average Bonchev–Trinajstić information content (AvgIpc) is 2.61. The molecule has 2 rings (SSSR count). The van der Waals surface area contributed by atoms with Gasteiger partial charge in [0.05, 0.1) is 12.6 Å². The molecule has 0 spiro atoms. The van der Waals surface area contributed by atoms with Crippen LogP contribution in [0.1, 0.15) is 6.92 Å². The normalized spacial score (nSPS) is 13.2. The molecule has 1 atom stereocenters. The highest BCUT2D eigenvalue weighted by molar-refractivity contribution is 6.29. The van der Waals surface area contributed by atoms with Crippen molar-refractivity contribution in [3.63, 3.8) is 0 Å². The number of aromatic nitrogens is 4. The number of aliphatic hydroxyl groups excluding tert-OH is 1. The Bertz CT molecular complexity index is 725. The summed E-state index contributed by atoms with van der Waals surface area (Å²) in [4.78, 5) is 27.8. The lowest BCUT2D eigenvalue weighted by Crippen LogP contribution is -2.37. The Balaban J connectivity index is 2.95. The van der Waals surface area contributed by atoms with Gasteiger partial charge in [-0.05, 0) is 18.5 Å². The molecule has 1 unspecified atom stereocenters. The van der Waals surface area contributed by atoms with Crippen LogP contribution in [0.3, 0.4) is 0 Å². The van der Waals surface area contributed by atoms with Gasteiger partial charge >= 0.3 is 5.69 Å². The molecule has 0 aliphatic rings. The molecule has 0 radical (unpaired) electrons. The van der Waals surface area contributed by atoms with Gasteiger partial charge in [-0.1, -0.05) is 0 Å². The van der Waals surface area contributed by atoms with Crippen molar-refractivity contribution in [1.82, 2.24) is 18.7 Å². The van der Waals surface area contributed by atoms with E-state index in [4.69, 9.17) is 11.6 Å². The molecule has 7 nitrogen and oxygen atoms in total. The minimum absolute atomic E-state index is 0.0733. The average molecular weight is 273 g/mol. The SMILES string of the molecule is CC(O)Cn1c(Cl)nc2c1c(=O)n(C)c(=O)n2C. The van der Waals surface area contributed by atoms with Crippen LogP contribution in [0.5, 0.6) is 0 Å². The van der Waals surface area contributed by atoms with Crippen LogP contribution in [0.4, 0.5) is 0 Å². The highest BCUT2D eigenvalue weighted by atomic mass is 35.5. The molecule has 0 bridgehead atoms. The van der Waals surface area contributed by atoms with Crippen LogP contribution in [0.2, 0.25) is 5.28 Å². The van der Waals surface area contributed by atoms with Crippen molar-refractivity contribution >= 4 is 22.8 Å². The minimum atomic E-state index is -0.679. The van der Waals surface area contributed by atoms with E-state index in [1.165, 1.54) is 23.2 Å². The molecule has 2 aromatic heterocycles. The fourth-order valence-electron chi connectivity index (χ4n) is 1.85. The molecule has 18 heavy (non-hydrogen) atoms. The third-order valence-corrected chi connectivity index (χ3v) is 3.04. The molecule has 0 aromatic carbocycles. The standard InChI is InChI=1S/C10H13ClN4O3/c1-5(16)4-15-6-7(12-9(15)11)13(2)10(18)14(3)8(6)17/h5,16H,4H2,1-3H3. The summed E-state index contributed by atoms with van der Waals surface area (Å²) in [7, 11) is 2.90. The zero-order chi connectivity index (χ0) is 13.6. The van der Waals surface area contributed by atoms with E-state index < -0.39 is 17.4 Å². The van der Waals surface area contributed by atoms with Gasteiger partial charge in [0.15, 0.2) is 11.2 Å². The predicted molar refractivity (Wildman–Crippen MR) is 66.9 cm³/mol. The molecule has 8 heteroatoms. The lowest BCUT2D eigenvalue weighted by molar-refractivity contribution is 0.175. The van der Waals surface area contributed by atoms with Crippen LogP contribution in [0, 0.1) is 0 Å². The molecule has 0 aliphatic carbocycles. The Morgan fingerprint density at radius 1 is 1.33 bits per heavy atom. The second-order valence-electron chi connectivity index (χ2n) is 4.22. The third-order valence-electron chi connectivity index (χ3n) is 2.75. The van der Waals surface area contributed by atoms with Crippen molar-refractivity contribution in [2.24, 2.45) is 14.1 Å². The Kier molecular flexibility index (Phi) is 3.04. The fourth-order valence-corrected chi connectivity index (χ4v) is 2.08. The summed E-state index contributed by atoms with van der Waals surface area (Å²) in [5, 5.41) is 9.48. The van der Waals surface area contributed by atoms with Crippen molar-refractivity contribution in [3.8, 4) is 0 Å². The predicted octanol–water partition coefficient (Wildman–Crippen LogP) is -0.532. The van der Waals surface area contributed by atoms with Gasteiger partial charge in [-0.2, -0.15) is 4.98 Å². The van der Waals surface area contributed by atoms with Gasteiger partial charge in [0, 0.05) is 14.1 Å². The summed E-state index contributed by atoms with van der Waals surface area (Å²) in [5.41, 5.74) is -0.515. The zero-order valence-corrected chi connectivity index (χ0v) is 11.0. The number of halogens is 1. The highest BCUT2D eigenvalue weighted by Gasteiger charge is 2.18. The second-order valence-corrected chi connectivity index (χ2v) is 4.56. The smallest absolute Gasteiger partial charge is 0.332 e. The first-order valence-corrected chi connectivity index (χ1v) is 5.72. The molecular weight excluding hydrogens is 260 g/mol. The number of aryl methyl sites for hydroxylation is 1. The third kappa shape index (κ3) is 1.75. The lowest BCUT2D eigenvalue weighted by atomic mass is 10.4. The fraction of sp³-hybridized carbons (Fsp3) is 0.500. The molecule has 2 aromatic rings. The van der Waals surface area contributed by atoms with Crippen LogP contribution in [-0.2, 0) is 20.6 Å². The molecule has 98 valence electrons. The van der Waals surface area contributed by atoms with E-state index in [1.54, 1.807) is 6.92 Å². The van der Waals surface area contributed by atoms with E-state index in [2.05, 4.69) is 4.98 Å². The Morgan fingerprint density at radius 2 is 1.94 bits per heavy atom. The quantitative estimate of drug-likeness (QED) is 0.745. The van der Waals surface area contributed by atoms with E-state index in [1.807, 2.05) is 0 Å². The number of fused-ring (bicyclic) bond motifs is 1. The molecule has 2 heterocycles. The number of rotatable bonds is 2. The van der Waals surface area contributed by atoms with Crippen LogP contribution < -0.4 is 11.2 Å². The van der Waals surface area contributed by atoms with E-state index >= 15 is 0 Å². The van der Waals surface area contributed by atoms with Gasteiger partial charge in [-0.25, -0.2) is 4.79 Å². The highest BCUT2D eigenvalue weighted by Crippen LogP contribution is 2.15. The van der Waals surface area contributed by atoms with Gasteiger partial charge in [0.1, 0.15) is 0 Å². The van der Waals surface area contributed by atoms with Crippen molar-refractivity contribution < 1.29 is 5.11 Å². The van der Waals surface area contributed by atoms with E-state index in [-0.39, 0.29) is 23.0 Å². The molecule has 1 N–H and O–H groups in total. The summed E-state index contributed by atoms with van der Waals surface area (Å²) in [5.74, 6) is 0. The molecule has 0 fully saturated rings. The summed E-state index contributed by atoms with van der Waals surface area (Å²) >= 11 is 5.94. The van der Waals surface area contributed by atoms with Crippen molar-refractivity contribution in [2.45, 2.75) is 19.6 Å². The summed E-state index contributed by atoms with van der Waals surface area (Å²) in [6.45, 7) is 1.72. The van der Waals surface area contributed by atoms with Gasteiger partial charge in [-0.3, -0.25) is 13.9 Å². The van der Waals surface area contributed by atoms with Gasteiger partial charge in [0.2, 0.25) is 5.28 Å². The van der Waals surface area contributed by atoms with Crippen LogP contribution in [-0.4, -0.2) is 29.9 Å². The van der Waals surface area contributed by atoms with Gasteiger partial charge in [0.25, 0.3) is 5.56 Å². The minimum Gasteiger partial charge on any atom is -0.392 e. The Morgan fingerprint density at radius 3 is 2.50 bits per heavy atom. The molecular formula is C10H13ClN4O3. The second kappa shape index (κ2) is 4.25. The summed E-state index contributed by atoms with van der Waals surface area (Å²) in [6.07, 6.45) is -0.679. The maximum absolute atomic E-state index is 12.1. The number of hydrogen-bond acceptors (Lipinski definition) is 4. The molecule has 0 saturated heterocycles. The maximum Gasteiger partial charge on any atom is 0.332 e. The Hall–Kier alpha value is -1.60. The first-order valence-electron chi connectivity index (χ1n) is 5.34. The molecule has 0 aliphatic heterocycles. The van der Waals surface area contributed by atoms with E-state index in [0.717, 1.165) is 4.57 Å². The number of aliphatic hydroxyl groups is 1. The topological polar surface area (TPSA) is 82.1 Å². The first kappa shape index (κ1) is 12.8. The summed E-state index contributed by atoms with van der Waals surface area (Å²) < 4.78 is 3.64. The van der Waals surface area contributed by atoms with Crippen LogP contribution >= 0.6 is 11.6 Å². The van der Waals surface area contributed by atoms with Crippen molar-refractivity contribution in [3.05, 3.63) is 26.1 Å². The van der Waals surface area contributed by atoms with Crippen molar-refractivity contribution in [2.75, 3.05) is 0 Å². The number of hydrogen-bond donors (Lipinski definition) is 1. The largest absolute Gasteiger partial charge is 0.392 e. The van der Waals surface area contributed by atoms with Crippen molar-refractivity contribution in [1.29, 1.82) is 0 Å². The van der Waals surface area contributed by atoms with Gasteiger partial charge < -0.3 is 9.67 Å². The first-order chi connectivity index (χ1) is 8.34. The number of nitrogens with zero attached hydrogens (tertiary/aromatic N) is 4. The van der Waals surface area contributed by atoms with Crippen LogP contribution in [0.25, 0.3) is 11.2 Å². The number of imidazole rings is 1. The maximum atomic E-state index is 12.1.